The Hall–Kier alpha value is -2.29. The van der Waals surface area contributed by atoms with E-state index in [0.717, 1.165) is 34.9 Å². The summed E-state index contributed by atoms with van der Waals surface area (Å²) in [4.78, 5) is 31.9. The number of rotatable bonds is 3. The molecule has 2 aromatic heterocycles. The SMILES string of the molecule is CC(=O)Nc1c[nH]c2ncc(Br)c(N3CCCC(NC(=O)O)C3)c12. The summed E-state index contributed by atoms with van der Waals surface area (Å²) < 4.78 is 0.803. The number of aromatic nitrogens is 2. The van der Waals surface area contributed by atoms with Crippen LogP contribution in [0.15, 0.2) is 16.9 Å². The van der Waals surface area contributed by atoms with E-state index in [-0.39, 0.29) is 11.9 Å². The second-order valence-electron chi connectivity index (χ2n) is 5.80. The van der Waals surface area contributed by atoms with Gasteiger partial charge in [-0.15, -0.1) is 0 Å². The molecule has 1 atom stereocenters. The Balaban J connectivity index is 2.01. The first-order chi connectivity index (χ1) is 11.5. The molecule has 1 saturated heterocycles. The molecule has 3 rings (SSSR count). The van der Waals surface area contributed by atoms with Crippen molar-refractivity contribution in [1.29, 1.82) is 0 Å². The minimum atomic E-state index is -1.01. The number of nitrogens with one attached hydrogen (secondary N) is 3. The lowest BCUT2D eigenvalue weighted by Crippen LogP contribution is -2.47. The lowest BCUT2D eigenvalue weighted by atomic mass is 10.0. The Morgan fingerprint density at radius 1 is 1.50 bits per heavy atom. The summed E-state index contributed by atoms with van der Waals surface area (Å²) in [6.07, 6.45) is 4.09. The fourth-order valence-electron chi connectivity index (χ4n) is 3.13. The maximum Gasteiger partial charge on any atom is 0.404 e. The molecule has 0 aliphatic carbocycles. The van der Waals surface area contributed by atoms with E-state index in [4.69, 9.17) is 5.11 Å². The molecule has 8 nitrogen and oxygen atoms in total. The normalized spacial score (nSPS) is 17.8. The van der Waals surface area contributed by atoms with E-state index in [9.17, 15) is 9.59 Å². The molecule has 1 aliphatic heterocycles. The summed E-state index contributed by atoms with van der Waals surface area (Å²) >= 11 is 3.54. The molecule has 0 aromatic carbocycles. The predicted molar refractivity (Wildman–Crippen MR) is 94.5 cm³/mol. The summed E-state index contributed by atoms with van der Waals surface area (Å²) in [5.41, 5.74) is 2.24. The summed E-state index contributed by atoms with van der Waals surface area (Å²) in [6, 6.07) is -0.130. The zero-order chi connectivity index (χ0) is 17.3. The minimum Gasteiger partial charge on any atom is -0.465 e. The fourth-order valence-corrected chi connectivity index (χ4v) is 3.68. The number of amides is 2. The second kappa shape index (κ2) is 6.68. The van der Waals surface area contributed by atoms with Crippen molar-refractivity contribution in [2.75, 3.05) is 23.3 Å². The molecule has 3 heterocycles. The fraction of sp³-hybridized carbons (Fsp3) is 0.400. The van der Waals surface area contributed by atoms with E-state index < -0.39 is 6.09 Å². The quantitative estimate of drug-likeness (QED) is 0.637. The van der Waals surface area contributed by atoms with Crippen LogP contribution in [-0.4, -0.2) is 46.2 Å². The second-order valence-corrected chi connectivity index (χ2v) is 6.65. The number of carbonyl (C=O) groups excluding carboxylic acids is 1. The molecule has 2 amide bonds. The van der Waals surface area contributed by atoms with Gasteiger partial charge in [-0.05, 0) is 28.8 Å². The maximum absolute atomic E-state index is 11.5. The van der Waals surface area contributed by atoms with Gasteiger partial charge < -0.3 is 25.6 Å². The highest BCUT2D eigenvalue weighted by Crippen LogP contribution is 2.38. The number of piperidine rings is 1. The van der Waals surface area contributed by atoms with Crippen LogP contribution in [0.1, 0.15) is 19.8 Å². The van der Waals surface area contributed by atoms with Crippen molar-refractivity contribution in [3.8, 4) is 0 Å². The van der Waals surface area contributed by atoms with Gasteiger partial charge in [0.1, 0.15) is 5.65 Å². The third-order valence-corrected chi connectivity index (χ3v) is 4.59. The summed E-state index contributed by atoms with van der Waals surface area (Å²) in [7, 11) is 0. The standard InChI is InChI=1S/C15H18BrN5O3/c1-8(22)19-11-6-18-14-12(11)13(10(16)5-17-14)21-4-2-3-9(7-21)20-15(23)24/h5-6,9,20H,2-4,7H2,1H3,(H,17,18)(H,19,22)(H,23,24). The first-order valence-electron chi connectivity index (χ1n) is 7.63. The van der Waals surface area contributed by atoms with Gasteiger partial charge >= 0.3 is 6.09 Å². The molecular formula is C15H18BrN5O3. The first-order valence-corrected chi connectivity index (χ1v) is 8.42. The molecule has 1 aliphatic rings. The van der Waals surface area contributed by atoms with Crippen molar-refractivity contribution in [2.24, 2.45) is 0 Å². The van der Waals surface area contributed by atoms with Crippen LogP contribution in [0.4, 0.5) is 16.2 Å². The highest BCUT2D eigenvalue weighted by Gasteiger charge is 2.26. The Morgan fingerprint density at radius 2 is 2.29 bits per heavy atom. The average Bonchev–Trinajstić information content (AvgIpc) is 2.89. The van der Waals surface area contributed by atoms with E-state index in [2.05, 4.69) is 41.4 Å². The highest BCUT2D eigenvalue weighted by molar-refractivity contribution is 9.10. The number of fused-ring (bicyclic) bond motifs is 1. The van der Waals surface area contributed by atoms with Crippen molar-refractivity contribution in [2.45, 2.75) is 25.8 Å². The number of carbonyl (C=O) groups is 2. The molecule has 24 heavy (non-hydrogen) atoms. The maximum atomic E-state index is 11.5. The van der Waals surface area contributed by atoms with Crippen molar-refractivity contribution in [3.63, 3.8) is 0 Å². The summed E-state index contributed by atoms with van der Waals surface area (Å²) in [5.74, 6) is -0.161. The van der Waals surface area contributed by atoms with Crippen LogP contribution in [0.3, 0.4) is 0 Å². The molecule has 2 aromatic rings. The number of halogens is 1. The molecule has 0 bridgehead atoms. The van der Waals surface area contributed by atoms with Crippen LogP contribution in [0.25, 0.3) is 11.0 Å². The molecule has 0 saturated carbocycles. The number of pyridine rings is 1. The van der Waals surface area contributed by atoms with Crippen LogP contribution in [0.2, 0.25) is 0 Å². The predicted octanol–water partition coefficient (Wildman–Crippen LogP) is 2.52. The number of anilines is 2. The number of carboxylic acid groups (broad SMARTS) is 1. The van der Waals surface area contributed by atoms with Crippen LogP contribution in [0.5, 0.6) is 0 Å². The van der Waals surface area contributed by atoms with E-state index in [1.807, 2.05) is 0 Å². The molecule has 128 valence electrons. The van der Waals surface area contributed by atoms with Crippen molar-refractivity contribution in [3.05, 3.63) is 16.9 Å². The molecule has 1 fully saturated rings. The average molecular weight is 396 g/mol. The van der Waals surface area contributed by atoms with Gasteiger partial charge in [0, 0.05) is 38.4 Å². The van der Waals surface area contributed by atoms with Gasteiger partial charge in [-0.1, -0.05) is 0 Å². The molecule has 9 heteroatoms. The Bertz CT molecular complexity index is 791. The number of aromatic amines is 1. The van der Waals surface area contributed by atoms with E-state index in [1.54, 1.807) is 12.4 Å². The molecule has 1 unspecified atom stereocenters. The van der Waals surface area contributed by atoms with Gasteiger partial charge in [0.25, 0.3) is 0 Å². The van der Waals surface area contributed by atoms with E-state index in [0.29, 0.717) is 17.9 Å². The van der Waals surface area contributed by atoms with Crippen LogP contribution in [-0.2, 0) is 4.79 Å². The largest absolute Gasteiger partial charge is 0.465 e. The number of nitrogens with zero attached hydrogens (tertiary/aromatic N) is 2. The Kier molecular flexibility index (Phi) is 4.61. The van der Waals surface area contributed by atoms with E-state index in [1.165, 1.54) is 6.92 Å². The highest BCUT2D eigenvalue weighted by atomic mass is 79.9. The van der Waals surface area contributed by atoms with Crippen molar-refractivity contribution in [1.82, 2.24) is 15.3 Å². The molecular weight excluding hydrogens is 378 g/mol. The molecule has 0 radical (unpaired) electrons. The minimum absolute atomic E-state index is 0.130. The molecule has 0 spiro atoms. The Labute approximate surface area is 146 Å². The van der Waals surface area contributed by atoms with Gasteiger partial charge in [-0.2, -0.15) is 0 Å². The number of H-pyrrole nitrogens is 1. The monoisotopic (exact) mass is 395 g/mol. The van der Waals surface area contributed by atoms with Gasteiger partial charge in [0.15, 0.2) is 0 Å². The molecule has 4 N–H and O–H groups in total. The van der Waals surface area contributed by atoms with Gasteiger partial charge in [-0.3, -0.25) is 4.79 Å². The number of hydrogen-bond donors (Lipinski definition) is 4. The van der Waals surface area contributed by atoms with Crippen LogP contribution >= 0.6 is 15.9 Å². The van der Waals surface area contributed by atoms with Crippen molar-refractivity contribution < 1.29 is 14.7 Å². The zero-order valence-electron chi connectivity index (χ0n) is 13.1. The smallest absolute Gasteiger partial charge is 0.404 e. The van der Waals surface area contributed by atoms with Crippen molar-refractivity contribution >= 4 is 50.3 Å². The Morgan fingerprint density at radius 3 is 3.00 bits per heavy atom. The van der Waals surface area contributed by atoms with Gasteiger partial charge in [0.05, 0.1) is 21.2 Å². The van der Waals surface area contributed by atoms with Gasteiger partial charge in [-0.25, -0.2) is 9.78 Å². The number of hydrogen-bond acceptors (Lipinski definition) is 4. The third kappa shape index (κ3) is 3.30. The lowest BCUT2D eigenvalue weighted by molar-refractivity contribution is -0.114. The van der Waals surface area contributed by atoms with E-state index >= 15 is 0 Å². The zero-order valence-corrected chi connectivity index (χ0v) is 14.7. The third-order valence-electron chi connectivity index (χ3n) is 4.01. The van der Waals surface area contributed by atoms with Crippen LogP contribution in [0, 0.1) is 0 Å². The lowest BCUT2D eigenvalue weighted by Gasteiger charge is -2.35. The topological polar surface area (TPSA) is 110 Å². The van der Waals surface area contributed by atoms with Crippen LogP contribution < -0.4 is 15.5 Å². The summed E-state index contributed by atoms with van der Waals surface area (Å²) in [5, 5.41) is 15.1. The summed E-state index contributed by atoms with van der Waals surface area (Å²) in [6.45, 7) is 2.83. The van der Waals surface area contributed by atoms with Gasteiger partial charge in [0.2, 0.25) is 5.91 Å². The first kappa shape index (κ1) is 16.6.